The topological polar surface area (TPSA) is 137 Å². The predicted octanol–water partition coefficient (Wildman–Crippen LogP) is 3.79. The number of nitro groups is 1. The van der Waals surface area contributed by atoms with Gasteiger partial charge in [-0.25, -0.2) is 4.79 Å². The summed E-state index contributed by atoms with van der Waals surface area (Å²) in [6.07, 6.45) is 1.37. The van der Waals surface area contributed by atoms with Crippen LogP contribution in [0.4, 0.5) is 11.4 Å². The lowest BCUT2D eigenvalue weighted by Crippen LogP contribution is -2.24. The first-order valence-corrected chi connectivity index (χ1v) is 8.86. The number of carboxylic acids is 1. The van der Waals surface area contributed by atoms with Gasteiger partial charge in [0.15, 0.2) is 5.69 Å². The van der Waals surface area contributed by atoms with Crippen LogP contribution in [0.25, 0.3) is 0 Å². The molecule has 2 aromatic carbocycles. The van der Waals surface area contributed by atoms with Crippen molar-refractivity contribution >= 4 is 23.3 Å². The van der Waals surface area contributed by atoms with Gasteiger partial charge in [0, 0.05) is 18.3 Å². The first-order chi connectivity index (χ1) is 14.2. The van der Waals surface area contributed by atoms with Gasteiger partial charge in [0.25, 0.3) is 5.69 Å². The van der Waals surface area contributed by atoms with Crippen LogP contribution in [0, 0.1) is 17.0 Å². The van der Waals surface area contributed by atoms with E-state index < -0.39 is 22.8 Å². The maximum absolute atomic E-state index is 12.6. The Bertz CT molecular complexity index is 1110. The second-order valence-electron chi connectivity index (χ2n) is 6.54. The molecule has 1 unspecified atom stereocenters. The number of carboxylic acid groups (broad SMARTS) is 1. The lowest BCUT2D eigenvalue weighted by atomic mass is 10.2. The smallest absolute Gasteiger partial charge is 0.356 e. The summed E-state index contributed by atoms with van der Waals surface area (Å²) in [5.74, 6) is -1.07. The Labute approximate surface area is 170 Å². The molecular formula is C20H18N4O6. The number of ether oxygens (including phenoxy) is 1. The summed E-state index contributed by atoms with van der Waals surface area (Å²) in [4.78, 5) is 34.2. The molecule has 3 aromatic rings. The SMILES string of the molecule is Cc1ccc(Oc2cc(NC(=O)C(C)n3ccc(C(=O)O)n3)cc([N+](=O)[O-])c2)cc1. The van der Waals surface area contributed by atoms with E-state index in [-0.39, 0.29) is 22.8 Å². The average Bonchev–Trinajstić information content (AvgIpc) is 3.19. The highest BCUT2D eigenvalue weighted by Gasteiger charge is 2.20. The first kappa shape index (κ1) is 20.5. The van der Waals surface area contributed by atoms with Gasteiger partial charge in [-0.2, -0.15) is 5.10 Å². The quantitative estimate of drug-likeness (QED) is 0.446. The Morgan fingerprint density at radius 3 is 2.47 bits per heavy atom. The fraction of sp³-hybridized carbons (Fsp3) is 0.150. The van der Waals surface area contributed by atoms with Crippen LogP contribution in [0.2, 0.25) is 0 Å². The fourth-order valence-electron chi connectivity index (χ4n) is 2.60. The molecule has 10 heteroatoms. The summed E-state index contributed by atoms with van der Waals surface area (Å²) in [5, 5.41) is 26.6. The monoisotopic (exact) mass is 410 g/mol. The molecule has 0 spiro atoms. The Morgan fingerprint density at radius 1 is 1.17 bits per heavy atom. The van der Waals surface area contributed by atoms with E-state index in [9.17, 15) is 19.7 Å². The average molecular weight is 410 g/mol. The molecule has 10 nitrogen and oxygen atoms in total. The Balaban J connectivity index is 1.82. The molecule has 0 aliphatic rings. The van der Waals surface area contributed by atoms with E-state index in [2.05, 4.69) is 10.4 Å². The van der Waals surface area contributed by atoms with Crippen molar-refractivity contribution in [2.24, 2.45) is 0 Å². The highest BCUT2D eigenvalue weighted by atomic mass is 16.6. The van der Waals surface area contributed by atoms with E-state index in [0.29, 0.717) is 5.75 Å². The first-order valence-electron chi connectivity index (χ1n) is 8.86. The van der Waals surface area contributed by atoms with Crippen LogP contribution in [-0.4, -0.2) is 31.7 Å². The van der Waals surface area contributed by atoms with Crippen LogP contribution in [-0.2, 0) is 4.79 Å². The molecular weight excluding hydrogens is 392 g/mol. The number of nitro benzene ring substituents is 1. The zero-order valence-corrected chi connectivity index (χ0v) is 16.1. The van der Waals surface area contributed by atoms with Crippen molar-refractivity contribution in [3.63, 3.8) is 0 Å². The van der Waals surface area contributed by atoms with Crippen LogP contribution in [0.1, 0.15) is 29.0 Å². The van der Waals surface area contributed by atoms with Crippen molar-refractivity contribution in [3.8, 4) is 11.5 Å². The molecule has 1 amide bonds. The molecule has 1 heterocycles. The minimum atomic E-state index is -1.21. The number of nitrogens with zero attached hydrogens (tertiary/aromatic N) is 3. The van der Waals surface area contributed by atoms with Crippen molar-refractivity contribution in [2.75, 3.05) is 5.32 Å². The minimum Gasteiger partial charge on any atom is -0.476 e. The summed E-state index contributed by atoms with van der Waals surface area (Å²) >= 11 is 0. The Kier molecular flexibility index (Phi) is 5.77. The third kappa shape index (κ3) is 4.79. The molecule has 0 saturated carbocycles. The maximum Gasteiger partial charge on any atom is 0.356 e. The lowest BCUT2D eigenvalue weighted by molar-refractivity contribution is -0.384. The number of hydrogen-bond donors (Lipinski definition) is 2. The van der Waals surface area contributed by atoms with Crippen molar-refractivity contribution in [3.05, 3.63) is 76.1 Å². The van der Waals surface area contributed by atoms with Crippen LogP contribution in [0.5, 0.6) is 11.5 Å². The molecule has 154 valence electrons. The van der Waals surface area contributed by atoms with E-state index in [4.69, 9.17) is 9.84 Å². The largest absolute Gasteiger partial charge is 0.476 e. The highest BCUT2D eigenvalue weighted by molar-refractivity contribution is 5.94. The second kappa shape index (κ2) is 8.43. The zero-order chi connectivity index (χ0) is 21.8. The molecule has 3 rings (SSSR count). The van der Waals surface area contributed by atoms with Crippen molar-refractivity contribution in [2.45, 2.75) is 19.9 Å². The number of aryl methyl sites for hydroxylation is 1. The summed E-state index contributed by atoms with van der Waals surface area (Å²) in [6.45, 7) is 3.44. The van der Waals surface area contributed by atoms with Crippen molar-refractivity contribution in [1.29, 1.82) is 0 Å². The molecule has 0 aliphatic carbocycles. The van der Waals surface area contributed by atoms with E-state index in [1.165, 1.54) is 42.1 Å². The number of aromatic carboxylic acids is 1. The predicted molar refractivity (Wildman–Crippen MR) is 107 cm³/mol. The Hall–Kier alpha value is -4.21. The van der Waals surface area contributed by atoms with Gasteiger partial charge in [0.1, 0.15) is 17.5 Å². The molecule has 0 saturated heterocycles. The van der Waals surface area contributed by atoms with Gasteiger partial charge >= 0.3 is 5.97 Å². The van der Waals surface area contributed by atoms with Crippen molar-refractivity contribution < 1.29 is 24.4 Å². The van der Waals surface area contributed by atoms with Crippen LogP contribution >= 0.6 is 0 Å². The van der Waals surface area contributed by atoms with E-state index >= 15 is 0 Å². The van der Waals surface area contributed by atoms with E-state index in [0.717, 1.165) is 5.56 Å². The number of carbonyl (C=O) groups is 2. The third-order valence-electron chi connectivity index (χ3n) is 4.23. The number of hydrogen-bond acceptors (Lipinski definition) is 6. The fourth-order valence-corrected chi connectivity index (χ4v) is 2.60. The molecule has 0 fully saturated rings. The highest BCUT2D eigenvalue weighted by Crippen LogP contribution is 2.30. The van der Waals surface area contributed by atoms with Crippen LogP contribution < -0.4 is 10.1 Å². The summed E-state index contributed by atoms with van der Waals surface area (Å²) in [5.41, 5.74) is 0.746. The van der Waals surface area contributed by atoms with Gasteiger partial charge < -0.3 is 15.2 Å². The molecule has 0 radical (unpaired) electrons. The van der Waals surface area contributed by atoms with Gasteiger partial charge in [-0.3, -0.25) is 19.6 Å². The standard InChI is InChI=1S/C20H18N4O6/c1-12-3-5-16(6-4-12)30-17-10-14(9-15(11-17)24(28)29)21-19(25)13(2)23-8-7-18(22-23)20(26)27/h3-11,13H,1-2H3,(H,21,25)(H,26,27). The van der Waals surface area contributed by atoms with Gasteiger partial charge in [-0.05, 0) is 32.0 Å². The molecule has 30 heavy (non-hydrogen) atoms. The number of carbonyl (C=O) groups excluding carboxylic acids is 1. The number of benzene rings is 2. The molecule has 0 aliphatic heterocycles. The van der Waals surface area contributed by atoms with Gasteiger partial charge in [-0.1, -0.05) is 17.7 Å². The molecule has 1 atom stereocenters. The van der Waals surface area contributed by atoms with Gasteiger partial charge in [0.05, 0.1) is 16.7 Å². The minimum absolute atomic E-state index is 0.161. The Morgan fingerprint density at radius 2 is 1.87 bits per heavy atom. The van der Waals surface area contributed by atoms with Gasteiger partial charge in [0.2, 0.25) is 5.91 Å². The number of non-ortho nitro benzene ring substituents is 1. The summed E-state index contributed by atoms with van der Waals surface area (Å²) in [7, 11) is 0. The molecule has 1 aromatic heterocycles. The van der Waals surface area contributed by atoms with Crippen LogP contribution in [0.15, 0.2) is 54.7 Å². The van der Waals surface area contributed by atoms with Crippen LogP contribution in [0.3, 0.4) is 0 Å². The molecule has 0 bridgehead atoms. The summed E-state index contributed by atoms with van der Waals surface area (Å²) in [6, 6.07) is 11.5. The number of nitrogens with one attached hydrogen (secondary N) is 1. The zero-order valence-electron chi connectivity index (χ0n) is 16.1. The normalized spacial score (nSPS) is 11.5. The third-order valence-corrected chi connectivity index (χ3v) is 4.23. The number of amides is 1. The van der Waals surface area contributed by atoms with E-state index in [1.807, 2.05) is 19.1 Å². The number of anilines is 1. The molecule has 2 N–H and O–H groups in total. The number of rotatable bonds is 7. The number of aromatic nitrogens is 2. The lowest BCUT2D eigenvalue weighted by Gasteiger charge is -2.14. The van der Waals surface area contributed by atoms with Crippen molar-refractivity contribution in [1.82, 2.24) is 9.78 Å². The van der Waals surface area contributed by atoms with E-state index in [1.54, 1.807) is 12.1 Å². The van der Waals surface area contributed by atoms with Gasteiger partial charge in [-0.15, -0.1) is 0 Å². The second-order valence-corrected chi connectivity index (χ2v) is 6.54. The maximum atomic E-state index is 12.6. The summed E-state index contributed by atoms with van der Waals surface area (Å²) < 4.78 is 6.88.